The van der Waals surface area contributed by atoms with Crippen LogP contribution in [0, 0.1) is 0 Å². The Morgan fingerprint density at radius 3 is 2.94 bits per heavy atom. The van der Waals surface area contributed by atoms with Gasteiger partial charge in [0.05, 0.1) is 13.1 Å². The van der Waals surface area contributed by atoms with Gasteiger partial charge in [-0.2, -0.15) is 0 Å². The number of rotatable bonds is 4. The van der Waals surface area contributed by atoms with E-state index in [9.17, 15) is 8.78 Å². The van der Waals surface area contributed by atoms with Crippen LogP contribution in [0.4, 0.5) is 8.78 Å². The fourth-order valence-corrected chi connectivity index (χ4v) is 2.56. The van der Waals surface area contributed by atoms with Crippen LogP contribution in [0.15, 0.2) is 11.4 Å². The number of hydrogen-bond acceptors (Lipinski definition) is 4. The van der Waals surface area contributed by atoms with E-state index in [0.717, 1.165) is 10.2 Å². The summed E-state index contributed by atoms with van der Waals surface area (Å²) < 4.78 is 24.3. The minimum atomic E-state index is -2.36. The van der Waals surface area contributed by atoms with Gasteiger partial charge in [-0.3, -0.25) is 4.90 Å². The third-order valence-electron chi connectivity index (χ3n) is 2.19. The first-order chi connectivity index (χ1) is 8.06. The molecule has 0 aliphatic carbocycles. The van der Waals surface area contributed by atoms with Crippen LogP contribution in [0.5, 0.6) is 0 Å². The zero-order valence-electron chi connectivity index (χ0n) is 9.03. The summed E-state index contributed by atoms with van der Waals surface area (Å²) in [7, 11) is 1.60. The molecule has 0 amide bonds. The zero-order chi connectivity index (χ0) is 12.4. The minimum absolute atomic E-state index is 0.262. The normalized spacial score (nSPS) is 11.9. The number of aromatic nitrogens is 2. The molecule has 92 valence electrons. The van der Waals surface area contributed by atoms with Gasteiger partial charge in [-0.15, -0.1) is 11.3 Å². The van der Waals surface area contributed by atoms with Gasteiger partial charge in [0.2, 0.25) is 0 Å². The van der Waals surface area contributed by atoms with Crippen molar-refractivity contribution < 1.29 is 8.78 Å². The number of hydrogen-bond donors (Lipinski definition) is 0. The lowest BCUT2D eigenvalue weighted by Crippen LogP contribution is -2.25. The molecular weight excluding hydrogens is 268 g/mol. The highest BCUT2D eigenvalue weighted by Crippen LogP contribution is 2.24. The molecule has 0 bridgehead atoms. The molecule has 17 heavy (non-hydrogen) atoms. The average Bonchev–Trinajstić information content (AvgIpc) is 2.64. The summed E-state index contributed by atoms with van der Waals surface area (Å²) in [5.41, 5.74) is 0. The molecule has 7 heteroatoms. The second-order valence-corrected chi connectivity index (χ2v) is 4.91. The number of nitrogens with zero attached hydrogens (tertiary/aromatic N) is 3. The van der Waals surface area contributed by atoms with Crippen LogP contribution in [-0.4, -0.2) is 34.9 Å². The van der Waals surface area contributed by atoms with Crippen molar-refractivity contribution in [2.45, 2.75) is 13.0 Å². The van der Waals surface area contributed by atoms with E-state index in [-0.39, 0.29) is 13.1 Å². The fourth-order valence-electron chi connectivity index (χ4n) is 1.47. The SMILES string of the molecule is CN(Cc1nc(Cl)c2ccsc2n1)CC(F)F. The van der Waals surface area contributed by atoms with E-state index < -0.39 is 6.43 Å². The molecule has 2 rings (SSSR count). The summed E-state index contributed by atoms with van der Waals surface area (Å²) in [5, 5.41) is 3.05. The second-order valence-electron chi connectivity index (χ2n) is 3.66. The molecule has 0 fully saturated rings. The molecule has 3 nitrogen and oxygen atoms in total. The summed E-state index contributed by atoms with van der Waals surface area (Å²) >= 11 is 7.44. The topological polar surface area (TPSA) is 29.0 Å². The summed E-state index contributed by atoms with van der Waals surface area (Å²) in [5.74, 6) is 0.466. The molecule has 0 unspecified atom stereocenters. The maximum Gasteiger partial charge on any atom is 0.251 e. The highest BCUT2D eigenvalue weighted by atomic mass is 35.5. The molecule has 2 aromatic rings. The average molecular weight is 278 g/mol. The lowest BCUT2D eigenvalue weighted by molar-refractivity contribution is 0.0965. The molecule has 2 aromatic heterocycles. The van der Waals surface area contributed by atoms with Gasteiger partial charge in [-0.05, 0) is 18.5 Å². The maximum absolute atomic E-state index is 12.2. The highest BCUT2D eigenvalue weighted by Gasteiger charge is 2.12. The highest BCUT2D eigenvalue weighted by molar-refractivity contribution is 7.16. The third kappa shape index (κ3) is 3.08. The van der Waals surface area contributed by atoms with Crippen molar-refractivity contribution >= 4 is 33.2 Å². The van der Waals surface area contributed by atoms with Gasteiger partial charge in [0.25, 0.3) is 6.43 Å². The zero-order valence-corrected chi connectivity index (χ0v) is 10.6. The Labute approximate surface area is 106 Å². The standard InChI is InChI=1S/C10H10ClF2N3S/c1-16(4-7(12)13)5-8-14-9(11)6-2-3-17-10(6)15-8/h2-3,7H,4-5H2,1H3. The van der Waals surface area contributed by atoms with Crippen molar-refractivity contribution in [3.63, 3.8) is 0 Å². The molecule has 0 aliphatic rings. The first-order valence-electron chi connectivity index (χ1n) is 4.92. The summed E-state index contributed by atoms with van der Waals surface area (Å²) in [6, 6.07) is 1.84. The second kappa shape index (κ2) is 5.20. The Balaban J connectivity index is 2.18. The number of fused-ring (bicyclic) bond motifs is 1. The van der Waals surface area contributed by atoms with E-state index in [2.05, 4.69) is 9.97 Å². The Bertz CT molecular complexity index is 517. The van der Waals surface area contributed by atoms with Crippen LogP contribution >= 0.6 is 22.9 Å². The summed E-state index contributed by atoms with van der Waals surface area (Å²) in [4.78, 5) is 10.6. The van der Waals surface area contributed by atoms with Crippen LogP contribution in [0.1, 0.15) is 5.82 Å². The van der Waals surface area contributed by atoms with Gasteiger partial charge < -0.3 is 0 Å². The van der Waals surface area contributed by atoms with Crippen LogP contribution in [-0.2, 0) is 6.54 Å². The van der Waals surface area contributed by atoms with Crippen molar-refractivity contribution in [1.82, 2.24) is 14.9 Å². The van der Waals surface area contributed by atoms with Crippen molar-refractivity contribution in [3.8, 4) is 0 Å². The van der Waals surface area contributed by atoms with Crippen molar-refractivity contribution in [2.24, 2.45) is 0 Å². The molecule has 2 heterocycles. The maximum atomic E-state index is 12.2. The van der Waals surface area contributed by atoms with E-state index in [1.807, 2.05) is 11.4 Å². The first kappa shape index (κ1) is 12.6. The van der Waals surface area contributed by atoms with E-state index in [4.69, 9.17) is 11.6 Å². The Kier molecular flexibility index (Phi) is 3.86. The third-order valence-corrected chi connectivity index (χ3v) is 3.28. The number of thiophene rings is 1. The predicted octanol–water partition coefficient (Wildman–Crippen LogP) is 3.04. The molecule has 0 aliphatic heterocycles. The lowest BCUT2D eigenvalue weighted by Gasteiger charge is -2.14. The lowest BCUT2D eigenvalue weighted by atomic mass is 10.4. The van der Waals surface area contributed by atoms with E-state index in [1.54, 1.807) is 7.05 Å². The largest absolute Gasteiger partial charge is 0.293 e. The van der Waals surface area contributed by atoms with Crippen molar-refractivity contribution in [2.75, 3.05) is 13.6 Å². The Morgan fingerprint density at radius 1 is 1.47 bits per heavy atom. The Morgan fingerprint density at radius 2 is 2.24 bits per heavy atom. The van der Waals surface area contributed by atoms with Crippen molar-refractivity contribution in [1.29, 1.82) is 0 Å². The quantitative estimate of drug-likeness (QED) is 0.805. The fraction of sp³-hybridized carbons (Fsp3) is 0.400. The van der Waals surface area contributed by atoms with Crippen LogP contribution in [0.3, 0.4) is 0 Å². The van der Waals surface area contributed by atoms with Gasteiger partial charge in [0.15, 0.2) is 0 Å². The minimum Gasteiger partial charge on any atom is -0.293 e. The molecule has 0 saturated carbocycles. The number of halogens is 3. The molecule has 0 N–H and O–H groups in total. The van der Waals surface area contributed by atoms with Gasteiger partial charge in [-0.1, -0.05) is 11.6 Å². The van der Waals surface area contributed by atoms with Gasteiger partial charge in [-0.25, -0.2) is 18.7 Å². The van der Waals surface area contributed by atoms with Crippen molar-refractivity contribution in [3.05, 3.63) is 22.4 Å². The monoisotopic (exact) mass is 277 g/mol. The Hall–Kier alpha value is -0.850. The van der Waals surface area contributed by atoms with E-state index in [0.29, 0.717) is 11.0 Å². The predicted molar refractivity (Wildman–Crippen MR) is 64.8 cm³/mol. The van der Waals surface area contributed by atoms with Gasteiger partial charge >= 0.3 is 0 Å². The smallest absolute Gasteiger partial charge is 0.251 e. The molecule has 0 atom stereocenters. The van der Waals surface area contributed by atoms with E-state index >= 15 is 0 Å². The van der Waals surface area contributed by atoms with Gasteiger partial charge in [0, 0.05) is 5.39 Å². The van der Waals surface area contributed by atoms with Crippen LogP contribution in [0.25, 0.3) is 10.2 Å². The van der Waals surface area contributed by atoms with Crippen LogP contribution < -0.4 is 0 Å². The first-order valence-corrected chi connectivity index (χ1v) is 6.18. The van der Waals surface area contributed by atoms with E-state index in [1.165, 1.54) is 16.2 Å². The molecule has 0 radical (unpaired) electrons. The number of alkyl halides is 2. The van der Waals surface area contributed by atoms with Gasteiger partial charge in [0.1, 0.15) is 15.8 Å². The summed E-state index contributed by atoms with van der Waals surface area (Å²) in [6.45, 7) is -0.0403. The molecule has 0 aromatic carbocycles. The summed E-state index contributed by atoms with van der Waals surface area (Å²) in [6.07, 6.45) is -2.36. The molecule has 0 saturated heterocycles. The molecular formula is C10H10ClF2N3S. The molecule has 0 spiro atoms. The van der Waals surface area contributed by atoms with Crippen LogP contribution in [0.2, 0.25) is 5.15 Å².